The fourth-order valence-corrected chi connectivity index (χ4v) is 6.25. The molecule has 2 aliphatic heterocycles. The summed E-state index contributed by atoms with van der Waals surface area (Å²) in [6.45, 7) is 4.11. The summed E-state index contributed by atoms with van der Waals surface area (Å²) in [5.41, 5.74) is 1.40. The number of hydrogen-bond acceptors (Lipinski definition) is 8. The minimum Gasteiger partial charge on any atom is -0.340 e. The monoisotopic (exact) mass is 507 g/mol. The van der Waals surface area contributed by atoms with Crippen LogP contribution in [0.2, 0.25) is 0 Å². The number of carbonyl (C=O) groups excluding carboxylic acids is 3. The van der Waals surface area contributed by atoms with Crippen molar-refractivity contribution in [3.63, 3.8) is 0 Å². The number of benzene rings is 2. The molecule has 0 bridgehead atoms. The van der Waals surface area contributed by atoms with Gasteiger partial charge in [-0.05, 0) is 25.0 Å². The molecule has 2 aromatic carbocycles. The SMILES string of the molecule is CC1(C)SC2C(NC(=O)C(c3ccccc3)N(C=O)OCc3ccccc3)C(=O)N2C1c1nn[nH]n1. The number of tetrazole rings is 1. The number of amides is 3. The first-order valence-electron chi connectivity index (χ1n) is 11.4. The molecule has 0 radical (unpaired) electrons. The number of fused-ring (bicyclic) bond motifs is 1. The van der Waals surface area contributed by atoms with Crippen molar-refractivity contribution >= 4 is 30.0 Å². The molecule has 2 aliphatic rings. The van der Waals surface area contributed by atoms with E-state index in [1.54, 1.807) is 40.9 Å². The summed E-state index contributed by atoms with van der Waals surface area (Å²) in [5.74, 6) is -0.326. The largest absolute Gasteiger partial charge is 0.340 e. The Morgan fingerprint density at radius 1 is 1.22 bits per heavy atom. The molecule has 186 valence electrons. The average Bonchev–Trinajstić information content (AvgIpc) is 3.50. The molecule has 2 fully saturated rings. The third-order valence-electron chi connectivity index (χ3n) is 6.29. The van der Waals surface area contributed by atoms with Gasteiger partial charge in [0, 0.05) is 4.75 Å². The predicted molar refractivity (Wildman–Crippen MR) is 129 cm³/mol. The lowest BCUT2D eigenvalue weighted by molar-refractivity contribution is -0.197. The van der Waals surface area contributed by atoms with Crippen molar-refractivity contribution < 1.29 is 19.2 Å². The van der Waals surface area contributed by atoms with Crippen LogP contribution in [0.25, 0.3) is 0 Å². The number of aromatic nitrogens is 4. The van der Waals surface area contributed by atoms with E-state index in [-0.39, 0.29) is 23.9 Å². The summed E-state index contributed by atoms with van der Waals surface area (Å²) in [5, 5.41) is 17.8. The predicted octanol–water partition coefficient (Wildman–Crippen LogP) is 1.75. The molecule has 2 N–H and O–H groups in total. The van der Waals surface area contributed by atoms with Crippen molar-refractivity contribution in [2.24, 2.45) is 0 Å². The number of H-pyrrole nitrogens is 1. The molecule has 3 aromatic rings. The van der Waals surface area contributed by atoms with E-state index >= 15 is 0 Å². The van der Waals surface area contributed by atoms with Crippen molar-refractivity contribution in [1.82, 2.24) is 35.9 Å². The van der Waals surface area contributed by atoms with Gasteiger partial charge in [-0.15, -0.1) is 22.0 Å². The third kappa shape index (κ3) is 4.33. The quantitative estimate of drug-likeness (QED) is 0.254. The first-order valence-corrected chi connectivity index (χ1v) is 12.3. The molecule has 11 nitrogen and oxygen atoms in total. The lowest BCUT2D eigenvalue weighted by Crippen LogP contribution is -2.68. The molecule has 3 amide bonds. The Bertz CT molecular complexity index is 1230. The molecule has 1 aromatic heterocycles. The van der Waals surface area contributed by atoms with Crippen molar-refractivity contribution in [3.8, 4) is 0 Å². The second-order valence-corrected chi connectivity index (χ2v) is 10.8. The van der Waals surface area contributed by atoms with E-state index < -0.39 is 22.7 Å². The number of thioether (sulfide) groups is 1. The van der Waals surface area contributed by atoms with Crippen LogP contribution < -0.4 is 5.32 Å². The number of nitrogens with zero attached hydrogens (tertiary/aromatic N) is 5. The number of nitrogens with one attached hydrogen (secondary N) is 2. The van der Waals surface area contributed by atoms with E-state index in [1.165, 1.54) is 0 Å². The molecule has 36 heavy (non-hydrogen) atoms. The van der Waals surface area contributed by atoms with Crippen LogP contribution in [-0.2, 0) is 25.8 Å². The topological polar surface area (TPSA) is 133 Å². The molecular weight excluding hydrogens is 482 g/mol. The van der Waals surface area contributed by atoms with Gasteiger partial charge in [-0.25, -0.2) is 5.06 Å². The number of aromatic amines is 1. The van der Waals surface area contributed by atoms with Crippen LogP contribution >= 0.6 is 11.8 Å². The number of hydroxylamine groups is 2. The summed E-state index contributed by atoms with van der Waals surface area (Å²) < 4.78 is -0.393. The highest BCUT2D eigenvalue weighted by Gasteiger charge is 2.63. The van der Waals surface area contributed by atoms with Crippen molar-refractivity contribution in [3.05, 3.63) is 77.6 Å². The summed E-state index contributed by atoms with van der Waals surface area (Å²) >= 11 is 1.56. The maximum atomic E-state index is 13.6. The van der Waals surface area contributed by atoms with E-state index in [0.29, 0.717) is 17.8 Å². The Hall–Kier alpha value is -3.77. The van der Waals surface area contributed by atoms with Crippen LogP contribution in [0.3, 0.4) is 0 Å². The van der Waals surface area contributed by atoms with E-state index in [4.69, 9.17) is 4.84 Å². The summed E-state index contributed by atoms with van der Waals surface area (Å²) in [6, 6.07) is 16.0. The summed E-state index contributed by atoms with van der Waals surface area (Å²) in [7, 11) is 0. The highest BCUT2D eigenvalue weighted by Crippen LogP contribution is 2.56. The molecule has 0 aliphatic carbocycles. The number of rotatable bonds is 9. The van der Waals surface area contributed by atoms with Gasteiger partial charge in [0.1, 0.15) is 24.1 Å². The van der Waals surface area contributed by atoms with Crippen LogP contribution in [0, 0.1) is 0 Å². The number of hydrogen-bond donors (Lipinski definition) is 2. The molecule has 3 heterocycles. The minimum absolute atomic E-state index is 0.103. The lowest BCUT2D eigenvalue weighted by atomic mass is 9.95. The number of carbonyl (C=O) groups is 3. The molecule has 0 saturated carbocycles. The van der Waals surface area contributed by atoms with Crippen molar-refractivity contribution in [2.45, 2.75) is 48.7 Å². The van der Waals surface area contributed by atoms with Gasteiger partial charge in [0.15, 0.2) is 11.9 Å². The second-order valence-electron chi connectivity index (χ2n) is 9.05. The van der Waals surface area contributed by atoms with Gasteiger partial charge < -0.3 is 10.2 Å². The molecule has 4 atom stereocenters. The van der Waals surface area contributed by atoms with Gasteiger partial charge >= 0.3 is 0 Å². The van der Waals surface area contributed by atoms with Gasteiger partial charge in [-0.3, -0.25) is 19.2 Å². The Balaban J connectivity index is 1.35. The molecular formula is C24H25N7O4S. The Labute approximate surface area is 211 Å². The van der Waals surface area contributed by atoms with E-state index in [1.807, 2.05) is 50.2 Å². The van der Waals surface area contributed by atoms with Crippen LogP contribution in [-0.4, -0.2) is 65.0 Å². The first-order chi connectivity index (χ1) is 17.4. The van der Waals surface area contributed by atoms with E-state index in [9.17, 15) is 14.4 Å². The second kappa shape index (κ2) is 9.70. The van der Waals surface area contributed by atoms with E-state index in [0.717, 1.165) is 10.6 Å². The van der Waals surface area contributed by atoms with Gasteiger partial charge in [0.25, 0.3) is 5.91 Å². The van der Waals surface area contributed by atoms with Crippen molar-refractivity contribution in [1.29, 1.82) is 0 Å². The molecule has 2 saturated heterocycles. The zero-order valence-corrected chi connectivity index (χ0v) is 20.5. The van der Waals surface area contributed by atoms with E-state index in [2.05, 4.69) is 25.9 Å². The van der Waals surface area contributed by atoms with Crippen LogP contribution in [0.4, 0.5) is 0 Å². The lowest BCUT2D eigenvalue weighted by Gasteiger charge is -2.44. The molecule has 5 rings (SSSR count). The van der Waals surface area contributed by atoms with Crippen LogP contribution in [0.15, 0.2) is 60.7 Å². The van der Waals surface area contributed by atoms with Gasteiger partial charge in [-0.2, -0.15) is 5.21 Å². The smallest absolute Gasteiger partial charge is 0.250 e. The first kappa shape index (κ1) is 23.9. The summed E-state index contributed by atoms with van der Waals surface area (Å²) in [6.07, 6.45) is 0.481. The highest BCUT2D eigenvalue weighted by atomic mass is 32.2. The maximum absolute atomic E-state index is 13.6. The van der Waals surface area contributed by atoms with Crippen LogP contribution in [0.5, 0.6) is 0 Å². The maximum Gasteiger partial charge on any atom is 0.250 e. The third-order valence-corrected chi connectivity index (χ3v) is 7.86. The average molecular weight is 508 g/mol. The zero-order chi connectivity index (χ0) is 25.3. The normalized spacial score (nSPS) is 22.9. The Morgan fingerprint density at radius 3 is 2.56 bits per heavy atom. The summed E-state index contributed by atoms with van der Waals surface area (Å²) in [4.78, 5) is 46.2. The fraction of sp³-hybridized carbons (Fsp3) is 0.333. The molecule has 0 spiro atoms. The molecule has 12 heteroatoms. The highest BCUT2D eigenvalue weighted by molar-refractivity contribution is 8.01. The number of β-lactam (4-membered cyclic amide) rings is 1. The fourth-order valence-electron chi connectivity index (χ4n) is 4.62. The minimum atomic E-state index is -1.08. The van der Waals surface area contributed by atoms with Gasteiger partial charge in [0.2, 0.25) is 12.3 Å². The standard InChI is InChI=1S/C24H25N7O4S/c1-24(2)19(20-26-28-29-27-20)31-22(34)17(23(31)36-24)25-21(33)18(16-11-7-4-8-12-16)30(14-32)35-13-15-9-5-3-6-10-15/h3-12,14,17-19,23H,13H2,1-2H3,(H,25,33)(H,26,27,28,29). The molecule has 4 unspecified atom stereocenters. The van der Waals surface area contributed by atoms with Gasteiger partial charge in [0.05, 0.1) is 0 Å². The Morgan fingerprint density at radius 2 is 1.92 bits per heavy atom. The van der Waals surface area contributed by atoms with Crippen LogP contribution in [0.1, 0.15) is 42.9 Å². The zero-order valence-electron chi connectivity index (χ0n) is 19.6. The van der Waals surface area contributed by atoms with Crippen molar-refractivity contribution in [2.75, 3.05) is 0 Å². The Kier molecular flexibility index (Phi) is 6.46. The van der Waals surface area contributed by atoms with Gasteiger partial charge in [-0.1, -0.05) is 65.9 Å².